The molecule has 8 nitrogen and oxygen atoms in total. The molecule has 0 spiro atoms. The van der Waals surface area contributed by atoms with E-state index in [0.29, 0.717) is 16.7 Å². The minimum absolute atomic E-state index is 0.174. The number of H-pyrrole nitrogens is 1. The number of carbonyl (C=O) groups excluding carboxylic acids is 2. The van der Waals surface area contributed by atoms with Crippen LogP contribution in [0, 0.1) is 6.92 Å². The molecule has 0 radical (unpaired) electrons. The number of hydrogen-bond acceptors (Lipinski definition) is 5. The second kappa shape index (κ2) is 8.13. The number of amides is 2. The fourth-order valence-electron chi connectivity index (χ4n) is 2.43. The first kappa shape index (κ1) is 18.1. The molecule has 0 saturated carbocycles. The van der Waals surface area contributed by atoms with E-state index >= 15 is 0 Å². The predicted molar refractivity (Wildman–Crippen MR) is 99.2 cm³/mol. The maximum Gasteiger partial charge on any atom is 0.283 e. The van der Waals surface area contributed by atoms with Crippen molar-refractivity contribution >= 4 is 28.4 Å². The average molecular weight is 366 g/mol. The summed E-state index contributed by atoms with van der Waals surface area (Å²) in [5, 5.41) is 20.2. The number of hydrogen-bond donors (Lipinski definition) is 3. The van der Waals surface area contributed by atoms with Gasteiger partial charge in [0.15, 0.2) is 12.3 Å². The summed E-state index contributed by atoms with van der Waals surface area (Å²) in [6.07, 6.45) is 0. The van der Waals surface area contributed by atoms with Crippen molar-refractivity contribution in [2.75, 3.05) is 13.2 Å². The molecule has 0 aliphatic carbocycles. The van der Waals surface area contributed by atoms with Crippen LogP contribution < -0.4 is 10.1 Å². The van der Waals surface area contributed by atoms with Crippen LogP contribution in [0.1, 0.15) is 5.56 Å². The van der Waals surface area contributed by atoms with Crippen LogP contribution in [0.3, 0.4) is 0 Å². The lowest BCUT2D eigenvalue weighted by Gasteiger charge is -2.06. The minimum atomic E-state index is -0.649. The molecule has 3 rings (SSSR count). The van der Waals surface area contributed by atoms with Gasteiger partial charge in [-0.2, -0.15) is 0 Å². The first-order valence-corrected chi connectivity index (χ1v) is 8.23. The van der Waals surface area contributed by atoms with Gasteiger partial charge in [-0.25, -0.2) is 0 Å². The van der Waals surface area contributed by atoms with Crippen molar-refractivity contribution in [2.45, 2.75) is 6.92 Å². The van der Waals surface area contributed by atoms with Crippen molar-refractivity contribution in [3.63, 3.8) is 0 Å². The van der Waals surface area contributed by atoms with Gasteiger partial charge in [-0.05, 0) is 30.7 Å². The smallest absolute Gasteiger partial charge is 0.283 e. The molecular formula is C19H18N4O4. The van der Waals surface area contributed by atoms with Gasteiger partial charge in [-0.15, -0.1) is 10.2 Å². The van der Waals surface area contributed by atoms with Crippen LogP contribution >= 0.6 is 0 Å². The molecule has 1 heterocycles. The number of aromatic amines is 1. The van der Waals surface area contributed by atoms with E-state index in [1.165, 1.54) is 0 Å². The first-order valence-electron chi connectivity index (χ1n) is 8.23. The molecule has 1 aromatic heterocycles. The van der Waals surface area contributed by atoms with E-state index in [1.54, 1.807) is 36.4 Å². The number of nitrogens with one attached hydrogen (secondary N) is 2. The monoisotopic (exact) mass is 366 g/mol. The van der Waals surface area contributed by atoms with E-state index in [-0.39, 0.29) is 24.7 Å². The Morgan fingerprint density at radius 3 is 2.81 bits per heavy atom. The zero-order chi connectivity index (χ0) is 19.2. The van der Waals surface area contributed by atoms with Crippen LogP contribution in [0.2, 0.25) is 0 Å². The quantitative estimate of drug-likeness (QED) is 0.582. The van der Waals surface area contributed by atoms with E-state index in [0.717, 1.165) is 5.56 Å². The van der Waals surface area contributed by atoms with Gasteiger partial charge in [0.25, 0.3) is 11.8 Å². The Kier molecular flexibility index (Phi) is 5.46. The molecule has 3 N–H and O–H groups in total. The standard InChI is InChI=1S/C19H18N4O4/c1-12-5-4-6-13(9-12)27-11-17(25)20-10-16(24)22-23-18-14-7-2-3-8-15(14)21-19(18)26/h2-9,21,26H,10-11H2,1H3,(H,20,25). The van der Waals surface area contributed by atoms with E-state index in [2.05, 4.69) is 20.5 Å². The molecule has 2 amide bonds. The largest absolute Gasteiger partial charge is 0.493 e. The fourth-order valence-corrected chi connectivity index (χ4v) is 2.43. The number of fused-ring (bicyclic) bond motifs is 1. The van der Waals surface area contributed by atoms with Gasteiger partial charge in [0.05, 0.1) is 5.52 Å². The highest BCUT2D eigenvalue weighted by Gasteiger charge is 2.11. The van der Waals surface area contributed by atoms with Crippen LogP contribution in [0.15, 0.2) is 58.8 Å². The highest BCUT2D eigenvalue weighted by atomic mass is 16.5. The second-order valence-corrected chi connectivity index (χ2v) is 5.84. The van der Waals surface area contributed by atoms with E-state index in [9.17, 15) is 14.7 Å². The maximum atomic E-state index is 11.8. The van der Waals surface area contributed by atoms with Crippen LogP contribution in [-0.4, -0.2) is 35.1 Å². The molecule has 27 heavy (non-hydrogen) atoms. The first-order chi connectivity index (χ1) is 13.0. The molecule has 2 aromatic carbocycles. The highest BCUT2D eigenvalue weighted by Crippen LogP contribution is 2.35. The van der Waals surface area contributed by atoms with E-state index in [4.69, 9.17) is 4.74 Å². The number of aromatic hydroxyl groups is 1. The van der Waals surface area contributed by atoms with Gasteiger partial charge in [-0.1, -0.05) is 30.3 Å². The summed E-state index contributed by atoms with van der Waals surface area (Å²) in [6, 6.07) is 14.4. The van der Waals surface area contributed by atoms with Crippen LogP contribution in [0.5, 0.6) is 11.6 Å². The number of aromatic nitrogens is 1. The number of para-hydroxylation sites is 1. The van der Waals surface area contributed by atoms with Gasteiger partial charge in [0.1, 0.15) is 12.3 Å². The van der Waals surface area contributed by atoms with Gasteiger partial charge in [0, 0.05) is 5.39 Å². The second-order valence-electron chi connectivity index (χ2n) is 5.84. The molecule has 0 aliphatic rings. The third-order valence-corrected chi connectivity index (χ3v) is 3.72. The summed E-state index contributed by atoms with van der Waals surface area (Å²) in [5.74, 6) is -0.701. The predicted octanol–water partition coefficient (Wildman–Crippen LogP) is 2.99. The van der Waals surface area contributed by atoms with Crippen molar-refractivity contribution in [1.82, 2.24) is 10.3 Å². The van der Waals surface area contributed by atoms with Gasteiger partial charge in [0.2, 0.25) is 5.88 Å². The molecule has 3 aromatic rings. The average Bonchev–Trinajstić information content (AvgIpc) is 2.98. The summed E-state index contributed by atoms with van der Waals surface area (Å²) in [5.41, 5.74) is 1.87. The Balaban J connectivity index is 1.51. The number of benzene rings is 2. The summed E-state index contributed by atoms with van der Waals surface area (Å²) >= 11 is 0. The molecule has 138 valence electrons. The molecule has 0 fully saturated rings. The highest BCUT2D eigenvalue weighted by molar-refractivity contribution is 5.94. The van der Waals surface area contributed by atoms with Gasteiger partial charge in [-0.3, -0.25) is 9.59 Å². The molecule has 8 heteroatoms. The summed E-state index contributed by atoms with van der Waals surface area (Å²) < 4.78 is 5.35. The molecule has 0 atom stereocenters. The summed E-state index contributed by atoms with van der Waals surface area (Å²) in [7, 11) is 0. The Morgan fingerprint density at radius 1 is 1.19 bits per heavy atom. The number of azo groups is 1. The van der Waals surface area contributed by atoms with Crippen LogP contribution in [-0.2, 0) is 9.59 Å². The number of rotatable bonds is 6. The molecular weight excluding hydrogens is 348 g/mol. The van der Waals surface area contributed by atoms with Crippen LogP contribution in [0.25, 0.3) is 10.9 Å². The number of nitrogens with zero attached hydrogens (tertiary/aromatic N) is 2. The Bertz CT molecular complexity index is 1010. The third-order valence-electron chi connectivity index (χ3n) is 3.72. The zero-order valence-electron chi connectivity index (χ0n) is 14.6. The van der Waals surface area contributed by atoms with Crippen molar-refractivity contribution in [3.8, 4) is 11.6 Å². The molecule has 0 unspecified atom stereocenters. The Hall–Kier alpha value is -3.68. The van der Waals surface area contributed by atoms with E-state index < -0.39 is 11.8 Å². The zero-order valence-corrected chi connectivity index (χ0v) is 14.6. The number of aryl methyl sites for hydroxylation is 1. The third kappa shape index (κ3) is 4.69. The Morgan fingerprint density at radius 2 is 2.00 bits per heavy atom. The SMILES string of the molecule is Cc1cccc(OCC(=O)NCC(=O)N=Nc2c(O)[nH]c3ccccc23)c1. The topological polar surface area (TPSA) is 116 Å². The lowest BCUT2D eigenvalue weighted by atomic mass is 10.2. The fraction of sp³-hybridized carbons (Fsp3) is 0.158. The Labute approximate surface area is 154 Å². The van der Waals surface area contributed by atoms with Gasteiger partial charge < -0.3 is 20.1 Å². The maximum absolute atomic E-state index is 11.8. The lowest BCUT2D eigenvalue weighted by Crippen LogP contribution is -2.32. The van der Waals surface area contributed by atoms with Crippen molar-refractivity contribution in [1.29, 1.82) is 0 Å². The van der Waals surface area contributed by atoms with Crippen molar-refractivity contribution < 1.29 is 19.4 Å². The van der Waals surface area contributed by atoms with Crippen molar-refractivity contribution in [3.05, 3.63) is 54.1 Å². The van der Waals surface area contributed by atoms with E-state index in [1.807, 2.05) is 19.1 Å². The molecule has 0 saturated heterocycles. The lowest BCUT2D eigenvalue weighted by molar-refractivity contribution is -0.126. The molecule has 0 aliphatic heterocycles. The van der Waals surface area contributed by atoms with Gasteiger partial charge >= 0.3 is 0 Å². The minimum Gasteiger partial charge on any atom is -0.493 e. The summed E-state index contributed by atoms with van der Waals surface area (Å²) in [6.45, 7) is 1.39. The number of ether oxygens (including phenoxy) is 1. The molecule has 0 bridgehead atoms. The number of carbonyl (C=O) groups is 2. The van der Waals surface area contributed by atoms with Crippen molar-refractivity contribution in [2.24, 2.45) is 10.2 Å². The normalized spacial score (nSPS) is 11.0. The van der Waals surface area contributed by atoms with Crippen LogP contribution in [0.4, 0.5) is 5.69 Å². The summed E-state index contributed by atoms with van der Waals surface area (Å²) in [4.78, 5) is 26.3.